The van der Waals surface area contributed by atoms with Gasteiger partial charge in [-0.2, -0.15) is 0 Å². The van der Waals surface area contributed by atoms with Crippen LogP contribution in [0.15, 0.2) is 47.4 Å². The van der Waals surface area contributed by atoms with Crippen LogP contribution >= 0.6 is 12.4 Å². The predicted octanol–water partition coefficient (Wildman–Crippen LogP) is 3.01. The summed E-state index contributed by atoms with van der Waals surface area (Å²) in [6.45, 7) is 5.43. The van der Waals surface area contributed by atoms with Gasteiger partial charge in [0, 0.05) is 23.8 Å². The van der Waals surface area contributed by atoms with Crippen molar-refractivity contribution in [1.82, 2.24) is 10.6 Å². The summed E-state index contributed by atoms with van der Waals surface area (Å²) in [6, 6.07) is 11.8. The fourth-order valence-electron chi connectivity index (χ4n) is 3.09. The van der Waals surface area contributed by atoms with Gasteiger partial charge in [0.15, 0.2) is 0 Å². The quantitative estimate of drug-likeness (QED) is 0.689. The van der Waals surface area contributed by atoms with Crippen molar-refractivity contribution in [3.05, 3.63) is 59.2 Å². The third kappa shape index (κ3) is 5.47. The molecule has 3 N–H and O–H groups in total. The SMILES string of the molecule is Cc1ccc(NS(=O)(=O)c2ccc(C)c(C(=O)NC3CCCNC3)c2)cc1.Cl. The molecule has 1 fully saturated rings. The van der Waals surface area contributed by atoms with Gasteiger partial charge in [0.25, 0.3) is 15.9 Å². The predicted molar refractivity (Wildman–Crippen MR) is 114 cm³/mol. The highest BCUT2D eigenvalue weighted by molar-refractivity contribution is 7.92. The van der Waals surface area contributed by atoms with E-state index in [1.54, 1.807) is 25.1 Å². The molecule has 0 aromatic heterocycles. The molecule has 1 amide bonds. The maximum absolute atomic E-state index is 12.7. The van der Waals surface area contributed by atoms with E-state index >= 15 is 0 Å². The van der Waals surface area contributed by atoms with E-state index in [1.165, 1.54) is 12.1 Å². The number of rotatable bonds is 5. The zero-order valence-corrected chi connectivity index (χ0v) is 17.6. The lowest BCUT2D eigenvalue weighted by Gasteiger charge is -2.24. The molecule has 2 aromatic carbocycles. The standard InChI is InChI=1S/C20H25N3O3S.ClH/c1-14-5-8-16(9-6-14)23-27(25,26)18-10-7-15(2)19(12-18)20(24)22-17-4-3-11-21-13-17;/h5-10,12,17,21,23H,3-4,11,13H2,1-2H3,(H,22,24);1H. The van der Waals surface area contributed by atoms with Crippen molar-refractivity contribution < 1.29 is 13.2 Å². The largest absolute Gasteiger partial charge is 0.348 e. The second-order valence-corrected chi connectivity index (χ2v) is 8.65. The van der Waals surface area contributed by atoms with E-state index in [4.69, 9.17) is 0 Å². The molecule has 1 heterocycles. The second kappa shape index (κ2) is 9.41. The van der Waals surface area contributed by atoms with Crippen LogP contribution in [0, 0.1) is 13.8 Å². The minimum absolute atomic E-state index is 0. The van der Waals surface area contributed by atoms with Gasteiger partial charge in [0.2, 0.25) is 0 Å². The van der Waals surface area contributed by atoms with Crippen LogP contribution in [0.2, 0.25) is 0 Å². The molecule has 1 unspecified atom stereocenters. The fourth-order valence-corrected chi connectivity index (χ4v) is 4.17. The average Bonchev–Trinajstić information content (AvgIpc) is 2.64. The monoisotopic (exact) mass is 423 g/mol. The van der Waals surface area contributed by atoms with Crippen molar-refractivity contribution in [3.8, 4) is 0 Å². The molecule has 28 heavy (non-hydrogen) atoms. The summed E-state index contributed by atoms with van der Waals surface area (Å²) < 4.78 is 28.0. The van der Waals surface area contributed by atoms with Gasteiger partial charge in [-0.25, -0.2) is 8.42 Å². The van der Waals surface area contributed by atoms with Gasteiger partial charge in [-0.3, -0.25) is 9.52 Å². The highest BCUT2D eigenvalue weighted by atomic mass is 35.5. The zero-order valence-electron chi connectivity index (χ0n) is 16.0. The van der Waals surface area contributed by atoms with Crippen LogP contribution < -0.4 is 15.4 Å². The molecule has 1 saturated heterocycles. The molecule has 3 rings (SSSR count). The normalized spacial score (nSPS) is 16.7. The summed E-state index contributed by atoms with van der Waals surface area (Å²) >= 11 is 0. The molecule has 0 saturated carbocycles. The Kier molecular flexibility index (Phi) is 7.46. The highest BCUT2D eigenvalue weighted by Gasteiger charge is 2.21. The maximum atomic E-state index is 12.7. The Morgan fingerprint density at radius 2 is 1.82 bits per heavy atom. The Morgan fingerprint density at radius 3 is 2.46 bits per heavy atom. The molecule has 1 aliphatic rings. The highest BCUT2D eigenvalue weighted by Crippen LogP contribution is 2.20. The number of hydrogen-bond donors (Lipinski definition) is 3. The number of amides is 1. The second-order valence-electron chi connectivity index (χ2n) is 6.96. The van der Waals surface area contributed by atoms with Crippen molar-refractivity contribution in [2.24, 2.45) is 0 Å². The van der Waals surface area contributed by atoms with Crippen molar-refractivity contribution in [2.75, 3.05) is 17.8 Å². The van der Waals surface area contributed by atoms with Gasteiger partial charge < -0.3 is 10.6 Å². The van der Waals surface area contributed by atoms with Crippen LogP contribution in [-0.2, 0) is 10.0 Å². The number of nitrogens with one attached hydrogen (secondary N) is 3. The number of benzene rings is 2. The molecule has 8 heteroatoms. The molecule has 1 aliphatic heterocycles. The summed E-state index contributed by atoms with van der Waals surface area (Å²) in [5.41, 5.74) is 2.66. The van der Waals surface area contributed by atoms with Gasteiger partial charge in [0.05, 0.1) is 4.90 Å². The van der Waals surface area contributed by atoms with Crippen LogP contribution in [0.1, 0.15) is 34.3 Å². The van der Waals surface area contributed by atoms with Gasteiger partial charge in [-0.1, -0.05) is 23.8 Å². The molecule has 0 bridgehead atoms. The van der Waals surface area contributed by atoms with E-state index in [1.807, 2.05) is 19.1 Å². The molecule has 2 aromatic rings. The molecule has 0 spiro atoms. The summed E-state index contributed by atoms with van der Waals surface area (Å²) in [6.07, 6.45) is 1.93. The lowest BCUT2D eigenvalue weighted by atomic mass is 10.1. The van der Waals surface area contributed by atoms with E-state index in [2.05, 4.69) is 15.4 Å². The molecule has 6 nitrogen and oxygen atoms in total. The first-order chi connectivity index (χ1) is 12.8. The van der Waals surface area contributed by atoms with Gasteiger partial charge in [0.1, 0.15) is 0 Å². The Balaban J connectivity index is 0.00000280. The molecular weight excluding hydrogens is 398 g/mol. The van der Waals surface area contributed by atoms with Gasteiger partial charge >= 0.3 is 0 Å². The molecule has 0 aliphatic carbocycles. The van der Waals surface area contributed by atoms with Crippen molar-refractivity contribution in [1.29, 1.82) is 0 Å². The first-order valence-corrected chi connectivity index (χ1v) is 10.6. The lowest BCUT2D eigenvalue weighted by Crippen LogP contribution is -2.45. The maximum Gasteiger partial charge on any atom is 0.261 e. The summed E-state index contributed by atoms with van der Waals surface area (Å²) in [5.74, 6) is -0.242. The Bertz CT molecular complexity index is 924. The van der Waals surface area contributed by atoms with Gasteiger partial charge in [-0.15, -0.1) is 12.4 Å². The number of carbonyl (C=O) groups is 1. The van der Waals surface area contributed by atoms with E-state index in [0.717, 1.165) is 37.1 Å². The molecule has 0 radical (unpaired) electrons. The third-order valence-electron chi connectivity index (χ3n) is 4.70. The summed E-state index contributed by atoms with van der Waals surface area (Å²) in [4.78, 5) is 12.7. The smallest absolute Gasteiger partial charge is 0.261 e. The number of aryl methyl sites for hydroxylation is 2. The van der Waals surface area contributed by atoms with E-state index in [9.17, 15) is 13.2 Å². The van der Waals surface area contributed by atoms with E-state index in [-0.39, 0.29) is 29.3 Å². The van der Waals surface area contributed by atoms with E-state index in [0.29, 0.717) is 11.3 Å². The van der Waals surface area contributed by atoms with Crippen molar-refractivity contribution >= 4 is 34.0 Å². The molecule has 1 atom stereocenters. The molecule has 152 valence electrons. The topological polar surface area (TPSA) is 87.3 Å². The Morgan fingerprint density at radius 1 is 1.11 bits per heavy atom. The minimum Gasteiger partial charge on any atom is -0.348 e. The average molecular weight is 424 g/mol. The number of sulfonamides is 1. The van der Waals surface area contributed by atoms with Crippen LogP contribution in [0.4, 0.5) is 5.69 Å². The summed E-state index contributed by atoms with van der Waals surface area (Å²) in [7, 11) is -3.77. The number of carbonyl (C=O) groups excluding carboxylic acids is 1. The Hall–Kier alpha value is -2.09. The van der Waals surface area contributed by atoms with E-state index < -0.39 is 10.0 Å². The van der Waals surface area contributed by atoms with Crippen LogP contribution in [0.5, 0.6) is 0 Å². The number of anilines is 1. The number of piperidine rings is 1. The first kappa shape index (κ1) is 22.2. The fraction of sp³-hybridized carbons (Fsp3) is 0.350. The van der Waals surface area contributed by atoms with Crippen molar-refractivity contribution in [2.45, 2.75) is 37.6 Å². The van der Waals surface area contributed by atoms with Crippen LogP contribution in [0.3, 0.4) is 0 Å². The van der Waals surface area contributed by atoms with Crippen molar-refractivity contribution in [3.63, 3.8) is 0 Å². The van der Waals surface area contributed by atoms with Gasteiger partial charge in [-0.05, 0) is 63.1 Å². The molecular formula is C20H26ClN3O3S. The number of hydrogen-bond acceptors (Lipinski definition) is 4. The zero-order chi connectivity index (χ0) is 19.4. The minimum atomic E-state index is -3.77. The van der Waals surface area contributed by atoms with Crippen LogP contribution in [0.25, 0.3) is 0 Å². The third-order valence-corrected chi connectivity index (χ3v) is 6.08. The number of halogens is 1. The Labute approximate surface area is 172 Å². The first-order valence-electron chi connectivity index (χ1n) is 9.07. The lowest BCUT2D eigenvalue weighted by molar-refractivity contribution is 0.0930. The summed E-state index contributed by atoms with van der Waals surface area (Å²) in [5, 5.41) is 6.25. The van der Waals surface area contributed by atoms with Crippen LogP contribution in [-0.4, -0.2) is 33.5 Å².